The molecule has 0 spiro atoms. The molecule has 0 fully saturated rings. The number of benzene rings is 3. The third-order valence-electron chi connectivity index (χ3n) is 6.28. The van der Waals surface area contributed by atoms with Gasteiger partial charge in [-0.15, -0.1) is 0 Å². The van der Waals surface area contributed by atoms with Crippen LogP contribution in [0, 0.1) is 0 Å². The minimum Gasteiger partial charge on any atom is -0.428 e. The Labute approximate surface area is 234 Å². The number of ether oxygens (including phenoxy) is 1. The van der Waals surface area contributed by atoms with Crippen molar-refractivity contribution in [2.45, 2.75) is 24.9 Å². The summed E-state index contributed by atoms with van der Waals surface area (Å²) in [4.78, 5) is 14.5. The molecule has 1 aromatic heterocycles. The number of alkyl halides is 6. The molecule has 212 valence electrons. The van der Waals surface area contributed by atoms with Crippen LogP contribution in [0.3, 0.4) is 0 Å². The lowest BCUT2D eigenvalue weighted by Crippen LogP contribution is -2.44. The second kappa shape index (κ2) is 10.4. The molecule has 5 nitrogen and oxygen atoms in total. The molecular weight excluding hydrogens is 583 g/mol. The van der Waals surface area contributed by atoms with Crippen molar-refractivity contribution in [1.82, 2.24) is 4.57 Å². The number of carbonyl (C=O) groups is 1. The van der Waals surface area contributed by atoms with Crippen molar-refractivity contribution in [1.29, 1.82) is 0 Å². The van der Waals surface area contributed by atoms with E-state index in [0.717, 1.165) is 16.5 Å². The summed E-state index contributed by atoms with van der Waals surface area (Å²) in [5.74, 6) is 0. The molecule has 1 heterocycles. The second-order valence-electron chi connectivity index (χ2n) is 9.20. The lowest BCUT2D eigenvalue weighted by atomic mass is 9.94. The maximum absolute atomic E-state index is 14.6. The highest BCUT2D eigenvalue weighted by Crippen LogP contribution is 2.47. The zero-order chi connectivity index (χ0) is 29.6. The Morgan fingerprint density at radius 1 is 0.925 bits per heavy atom. The first-order chi connectivity index (χ1) is 18.5. The van der Waals surface area contributed by atoms with Crippen LogP contribution in [0.1, 0.15) is 18.1 Å². The Morgan fingerprint density at radius 3 is 2.02 bits per heavy atom. The van der Waals surface area contributed by atoms with Gasteiger partial charge in [0.15, 0.2) is 0 Å². The van der Waals surface area contributed by atoms with Crippen molar-refractivity contribution in [3.8, 4) is 5.69 Å². The summed E-state index contributed by atoms with van der Waals surface area (Å²) < 4.78 is 89.8. The van der Waals surface area contributed by atoms with Crippen LogP contribution in [0.2, 0.25) is 10.0 Å². The van der Waals surface area contributed by atoms with Gasteiger partial charge in [-0.3, -0.25) is 5.32 Å². The summed E-state index contributed by atoms with van der Waals surface area (Å²) >= 11 is 12.3. The molecule has 0 aliphatic carbocycles. The number of rotatable bonds is 5. The van der Waals surface area contributed by atoms with Crippen LogP contribution >= 0.6 is 23.2 Å². The monoisotopic (exact) mass is 603 g/mol. The average molecular weight is 604 g/mol. The van der Waals surface area contributed by atoms with Crippen LogP contribution in [-0.2, 0) is 16.5 Å². The van der Waals surface area contributed by atoms with Crippen LogP contribution in [0.4, 0.5) is 42.5 Å². The van der Waals surface area contributed by atoms with Crippen LogP contribution in [0.5, 0.6) is 0 Å². The largest absolute Gasteiger partial charge is 0.432 e. The van der Waals surface area contributed by atoms with Crippen molar-refractivity contribution in [3.05, 3.63) is 88.0 Å². The molecule has 4 rings (SSSR count). The van der Waals surface area contributed by atoms with E-state index in [-0.39, 0.29) is 22.3 Å². The fourth-order valence-corrected chi connectivity index (χ4v) is 4.81. The van der Waals surface area contributed by atoms with E-state index in [4.69, 9.17) is 27.9 Å². The third-order valence-corrected chi connectivity index (χ3v) is 6.86. The number of nitrogens with one attached hydrogen (secondary N) is 1. The Morgan fingerprint density at radius 2 is 1.50 bits per heavy atom. The Balaban J connectivity index is 1.80. The van der Waals surface area contributed by atoms with Crippen LogP contribution in [0.25, 0.3) is 16.6 Å². The van der Waals surface area contributed by atoms with E-state index in [9.17, 15) is 31.1 Å². The topological polar surface area (TPSA) is 46.5 Å². The number of aromatic nitrogens is 1. The summed E-state index contributed by atoms with van der Waals surface area (Å²) in [7, 11) is 3.60. The lowest BCUT2D eigenvalue weighted by molar-refractivity contribution is -0.255. The summed E-state index contributed by atoms with van der Waals surface area (Å²) in [5.41, 5.74) is -3.83. The smallest absolute Gasteiger partial charge is 0.428 e. The van der Waals surface area contributed by atoms with Gasteiger partial charge in [-0.05, 0) is 49.4 Å². The first-order valence-corrected chi connectivity index (χ1v) is 12.3. The number of nitrogens with zero attached hydrogens (tertiary/aromatic N) is 2. The second-order valence-corrected chi connectivity index (χ2v) is 10.0. The predicted molar refractivity (Wildman–Crippen MR) is 143 cm³/mol. The first kappa shape index (κ1) is 29.4. The molecule has 40 heavy (non-hydrogen) atoms. The zero-order valence-electron chi connectivity index (χ0n) is 21.1. The van der Waals surface area contributed by atoms with Gasteiger partial charge in [0.2, 0.25) is 5.60 Å². The molecule has 13 heteroatoms. The molecule has 0 saturated heterocycles. The van der Waals surface area contributed by atoms with Crippen molar-refractivity contribution in [3.63, 3.8) is 0 Å². The summed E-state index contributed by atoms with van der Waals surface area (Å²) in [6, 6.07) is 13.4. The Bertz CT molecular complexity index is 1540. The highest BCUT2D eigenvalue weighted by molar-refractivity contribution is 6.38. The first-order valence-electron chi connectivity index (χ1n) is 11.5. The van der Waals surface area contributed by atoms with Crippen molar-refractivity contribution in [2.24, 2.45) is 0 Å². The number of halogens is 8. The molecule has 0 aliphatic rings. The summed E-state index contributed by atoms with van der Waals surface area (Å²) in [6.45, 7) is 0.684. The molecule has 1 N–H and O–H groups in total. The number of fused-ring (bicyclic) bond motifs is 1. The minimum absolute atomic E-state index is 0.0116. The van der Waals surface area contributed by atoms with Gasteiger partial charge in [0, 0.05) is 42.6 Å². The highest BCUT2D eigenvalue weighted by Gasteiger charge is 2.57. The van der Waals surface area contributed by atoms with Gasteiger partial charge in [-0.1, -0.05) is 41.4 Å². The molecular formula is C27H21Cl2F6N3O2. The van der Waals surface area contributed by atoms with Gasteiger partial charge in [-0.25, -0.2) is 4.79 Å². The summed E-state index contributed by atoms with van der Waals surface area (Å²) in [5, 5.41) is 1.42. The van der Waals surface area contributed by atoms with E-state index in [1.807, 2.05) is 0 Å². The molecule has 0 bridgehead atoms. The minimum atomic E-state index is -5.11. The standard InChI is InChI=1S/C27H21Cl2F6N3O2/c1-25(27(33,34)35,40-24(39)36-16-8-10-17(11-9-16)37(2)3)19-14-38(22-7-5-4-6-18(19)22)23-20(28)12-15(13-21(23)29)26(30,31)32/h4-14H,1-3H3,(H,36,39). The molecule has 1 atom stereocenters. The molecule has 1 amide bonds. The number of carbonyl (C=O) groups excluding carboxylic acids is 1. The van der Waals surface area contributed by atoms with E-state index >= 15 is 0 Å². The van der Waals surface area contributed by atoms with Crippen LogP contribution < -0.4 is 10.2 Å². The third kappa shape index (κ3) is 5.53. The number of hydrogen-bond acceptors (Lipinski definition) is 3. The van der Waals surface area contributed by atoms with Gasteiger partial charge in [0.1, 0.15) is 0 Å². The molecule has 4 aromatic rings. The van der Waals surface area contributed by atoms with Crippen molar-refractivity contribution < 1.29 is 35.9 Å². The molecule has 1 unspecified atom stereocenters. The van der Waals surface area contributed by atoms with E-state index < -0.39 is 45.2 Å². The number of anilines is 2. The van der Waals surface area contributed by atoms with Gasteiger partial charge in [-0.2, -0.15) is 26.3 Å². The summed E-state index contributed by atoms with van der Waals surface area (Å²) in [6.07, 6.45) is -10.2. The van der Waals surface area contributed by atoms with E-state index in [1.165, 1.54) is 36.4 Å². The SMILES string of the molecule is CN(C)c1ccc(NC(=O)OC(C)(c2cn(-c3c(Cl)cc(C(F)(F)F)cc3Cl)c3ccccc23)C(F)(F)F)cc1. The number of amides is 1. The quantitative estimate of drug-likeness (QED) is 0.231. The van der Waals surface area contributed by atoms with E-state index in [2.05, 4.69) is 5.32 Å². The highest BCUT2D eigenvalue weighted by atomic mass is 35.5. The van der Waals surface area contributed by atoms with Crippen molar-refractivity contribution in [2.75, 3.05) is 24.3 Å². The normalized spacial score (nSPS) is 13.7. The molecule has 3 aromatic carbocycles. The fourth-order valence-electron chi connectivity index (χ4n) is 4.14. The predicted octanol–water partition coefficient (Wildman–Crippen LogP) is 9.05. The van der Waals surface area contributed by atoms with Crippen molar-refractivity contribution >= 4 is 51.6 Å². The van der Waals surface area contributed by atoms with Crippen LogP contribution in [-0.4, -0.2) is 30.9 Å². The van der Waals surface area contributed by atoms with Crippen LogP contribution in [0.15, 0.2) is 66.9 Å². The maximum Gasteiger partial charge on any atom is 0.432 e. The molecule has 0 aliphatic heterocycles. The Hall–Kier alpha value is -3.57. The maximum atomic E-state index is 14.6. The number of hydrogen-bond donors (Lipinski definition) is 1. The van der Waals surface area contributed by atoms with E-state index in [1.54, 1.807) is 31.1 Å². The lowest BCUT2D eigenvalue weighted by Gasteiger charge is -2.31. The Kier molecular flexibility index (Phi) is 7.68. The van der Waals surface area contributed by atoms with Gasteiger partial charge in [0.25, 0.3) is 0 Å². The van der Waals surface area contributed by atoms with Gasteiger partial charge in [0.05, 0.1) is 26.8 Å². The van der Waals surface area contributed by atoms with Gasteiger partial charge < -0.3 is 14.2 Å². The number of para-hydroxylation sites is 1. The molecule has 0 saturated carbocycles. The zero-order valence-corrected chi connectivity index (χ0v) is 22.6. The van der Waals surface area contributed by atoms with E-state index in [0.29, 0.717) is 19.1 Å². The fraction of sp³-hybridized carbons (Fsp3) is 0.222. The average Bonchev–Trinajstić information content (AvgIpc) is 3.22. The van der Waals surface area contributed by atoms with Gasteiger partial charge >= 0.3 is 18.4 Å². The molecule has 0 radical (unpaired) electrons.